The highest BCUT2D eigenvalue weighted by atomic mass is 32.1. The number of fused-ring (bicyclic) bond motifs is 1. The number of thiophene rings is 1. The molecule has 21 heavy (non-hydrogen) atoms. The van der Waals surface area contributed by atoms with E-state index in [1.807, 2.05) is 6.07 Å². The van der Waals surface area contributed by atoms with Gasteiger partial charge < -0.3 is 14.9 Å². The van der Waals surface area contributed by atoms with Crippen LogP contribution in [0.5, 0.6) is 0 Å². The van der Waals surface area contributed by atoms with Gasteiger partial charge in [0, 0.05) is 9.58 Å². The summed E-state index contributed by atoms with van der Waals surface area (Å²) in [6.07, 6.45) is 0. The van der Waals surface area contributed by atoms with Gasteiger partial charge in [0.1, 0.15) is 11.6 Å². The number of rotatable bonds is 3. The lowest BCUT2D eigenvalue weighted by atomic mass is 10.2. The summed E-state index contributed by atoms with van der Waals surface area (Å²) in [6, 6.07) is 9.13. The normalized spacial score (nSPS) is 12.5. The van der Waals surface area contributed by atoms with Crippen LogP contribution in [-0.2, 0) is 4.74 Å². The van der Waals surface area contributed by atoms with E-state index in [1.165, 1.54) is 36.6 Å². The maximum absolute atomic E-state index is 13.2. The van der Waals surface area contributed by atoms with Gasteiger partial charge in [0.25, 0.3) is 0 Å². The maximum atomic E-state index is 13.2. The molecule has 6 heteroatoms. The van der Waals surface area contributed by atoms with Crippen LogP contribution >= 0.6 is 11.3 Å². The van der Waals surface area contributed by atoms with E-state index >= 15 is 0 Å². The standard InChI is InChI=1S/C15H12FNO3S/c1-19-15(18)11-5-4-10(20-11)14(17)13-6-8-2-3-9(16)7-12(8)21-13/h2-7,14H,17H2,1H3. The summed E-state index contributed by atoms with van der Waals surface area (Å²) in [6.45, 7) is 0. The lowest BCUT2D eigenvalue weighted by molar-refractivity contribution is 0.0562. The molecule has 2 N–H and O–H groups in total. The number of carbonyl (C=O) groups is 1. The predicted molar refractivity (Wildman–Crippen MR) is 77.9 cm³/mol. The van der Waals surface area contributed by atoms with Gasteiger partial charge in [0.2, 0.25) is 5.76 Å². The third-order valence-corrected chi connectivity index (χ3v) is 4.31. The first kappa shape index (κ1) is 13.8. The average molecular weight is 305 g/mol. The Morgan fingerprint density at radius 1 is 1.33 bits per heavy atom. The van der Waals surface area contributed by atoms with E-state index in [0.29, 0.717) is 5.76 Å². The summed E-state index contributed by atoms with van der Waals surface area (Å²) in [5.41, 5.74) is 6.14. The molecule has 4 nitrogen and oxygen atoms in total. The van der Waals surface area contributed by atoms with E-state index < -0.39 is 12.0 Å². The Morgan fingerprint density at radius 2 is 2.14 bits per heavy atom. The van der Waals surface area contributed by atoms with Gasteiger partial charge in [-0.05, 0) is 35.7 Å². The number of methoxy groups -OCH3 is 1. The average Bonchev–Trinajstić information content (AvgIpc) is 3.11. The molecule has 0 aliphatic carbocycles. The van der Waals surface area contributed by atoms with Crippen molar-refractivity contribution in [1.82, 2.24) is 0 Å². The molecule has 0 aliphatic rings. The summed E-state index contributed by atoms with van der Waals surface area (Å²) in [5, 5.41) is 0.923. The number of esters is 1. The number of nitrogens with two attached hydrogens (primary N) is 1. The third kappa shape index (κ3) is 2.55. The summed E-state index contributed by atoms with van der Waals surface area (Å²) < 4.78 is 24.0. The van der Waals surface area contributed by atoms with Crippen LogP contribution in [0.2, 0.25) is 0 Å². The van der Waals surface area contributed by atoms with Crippen molar-refractivity contribution in [3.63, 3.8) is 0 Å². The molecule has 0 saturated carbocycles. The number of hydrogen-bond acceptors (Lipinski definition) is 5. The number of carbonyl (C=O) groups excluding carboxylic acids is 1. The molecule has 0 bridgehead atoms. The summed E-state index contributed by atoms with van der Waals surface area (Å²) in [5.74, 6) is -0.264. The van der Waals surface area contributed by atoms with Gasteiger partial charge in [-0.3, -0.25) is 0 Å². The van der Waals surface area contributed by atoms with E-state index in [2.05, 4.69) is 4.74 Å². The fourth-order valence-corrected chi connectivity index (χ4v) is 3.15. The van der Waals surface area contributed by atoms with Crippen LogP contribution in [0.4, 0.5) is 4.39 Å². The first-order valence-corrected chi connectivity index (χ1v) is 7.03. The highest BCUT2D eigenvalue weighted by Crippen LogP contribution is 2.33. The molecule has 0 radical (unpaired) electrons. The fourth-order valence-electron chi connectivity index (χ4n) is 2.05. The number of benzene rings is 1. The Morgan fingerprint density at radius 3 is 2.90 bits per heavy atom. The third-order valence-electron chi connectivity index (χ3n) is 3.13. The second-order valence-electron chi connectivity index (χ2n) is 4.50. The van der Waals surface area contributed by atoms with Gasteiger partial charge in [-0.1, -0.05) is 6.07 Å². The van der Waals surface area contributed by atoms with Gasteiger partial charge in [-0.25, -0.2) is 9.18 Å². The number of furan rings is 1. The molecule has 1 aromatic carbocycles. The van der Waals surface area contributed by atoms with E-state index in [-0.39, 0.29) is 11.6 Å². The van der Waals surface area contributed by atoms with Crippen LogP contribution < -0.4 is 5.73 Å². The molecule has 3 rings (SSSR count). The van der Waals surface area contributed by atoms with Gasteiger partial charge >= 0.3 is 5.97 Å². The fraction of sp³-hybridized carbons (Fsp3) is 0.133. The maximum Gasteiger partial charge on any atom is 0.373 e. The van der Waals surface area contributed by atoms with Crippen LogP contribution in [0.3, 0.4) is 0 Å². The second kappa shape index (κ2) is 5.31. The smallest absolute Gasteiger partial charge is 0.373 e. The molecule has 0 spiro atoms. The van der Waals surface area contributed by atoms with Crippen molar-refractivity contribution < 1.29 is 18.3 Å². The van der Waals surface area contributed by atoms with E-state index in [4.69, 9.17) is 10.2 Å². The van der Waals surface area contributed by atoms with Crippen molar-refractivity contribution in [3.8, 4) is 0 Å². The van der Waals surface area contributed by atoms with Crippen LogP contribution in [0.25, 0.3) is 10.1 Å². The van der Waals surface area contributed by atoms with Crippen molar-refractivity contribution in [2.75, 3.05) is 7.11 Å². The molecule has 0 saturated heterocycles. The van der Waals surface area contributed by atoms with E-state index in [1.54, 1.807) is 12.1 Å². The Bertz CT molecular complexity index is 808. The monoisotopic (exact) mass is 305 g/mol. The quantitative estimate of drug-likeness (QED) is 0.752. The van der Waals surface area contributed by atoms with Crippen molar-refractivity contribution in [2.24, 2.45) is 5.73 Å². The largest absolute Gasteiger partial charge is 0.463 e. The topological polar surface area (TPSA) is 65.5 Å². The first-order chi connectivity index (χ1) is 10.1. The molecular weight excluding hydrogens is 293 g/mol. The molecule has 0 amide bonds. The number of hydrogen-bond donors (Lipinski definition) is 1. The molecule has 108 valence electrons. The molecule has 1 unspecified atom stereocenters. The SMILES string of the molecule is COC(=O)c1ccc(C(N)c2cc3ccc(F)cc3s2)o1. The summed E-state index contributed by atoms with van der Waals surface area (Å²) in [7, 11) is 1.28. The Hall–Kier alpha value is -2.18. The predicted octanol–water partition coefficient (Wildman–Crippen LogP) is 3.47. The summed E-state index contributed by atoms with van der Waals surface area (Å²) >= 11 is 1.40. The minimum Gasteiger partial charge on any atom is -0.463 e. The lowest BCUT2D eigenvalue weighted by Crippen LogP contribution is -2.09. The lowest BCUT2D eigenvalue weighted by Gasteiger charge is -2.05. The van der Waals surface area contributed by atoms with Crippen LogP contribution in [0.15, 0.2) is 40.8 Å². The first-order valence-electron chi connectivity index (χ1n) is 6.21. The number of halogens is 1. The zero-order valence-electron chi connectivity index (χ0n) is 11.1. The van der Waals surface area contributed by atoms with Crippen LogP contribution in [0.1, 0.15) is 27.2 Å². The molecule has 3 aromatic rings. The van der Waals surface area contributed by atoms with Gasteiger partial charge in [0.05, 0.1) is 13.2 Å². The minimum atomic E-state index is -0.549. The highest BCUT2D eigenvalue weighted by Gasteiger charge is 2.19. The molecule has 0 fully saturated rings. The minimum absolute atomic E-state index is 0.107. The van der Waals surface area contributed by atoms with Crippen molar-refractivity contribution in [3.05, 3.63) is 58.6 Å². The van der Waals surface area contributed by atoms with Gasteiger partial charge in [-0.15, -0.1) is 11.3 Å². The summed E-state index contributed by atoms with van der Waals surface area (Å²) in [4.78, 5) is 12.2. The molecule has 2 heterocycles. The molecule has 2 aromatic heterocycles. The molecule has 1 atom stereocenters. The van der Waals surface area contributed by atoms with Gasteiger partial charge in [-0.2, -0.15) is 0 Å². The van der Waals surface area contributed by atoms with Gasteiger partial charge in [0.15, 0.2) is 0 Å². The van der Waals surface area contributed by atoms with Crippen LogP contribution in [0, 0.1) is 5.82 Å². The Kier molecular flexibility index (Phi) is 3.48. The van der Waals surface area contributed by atoms with Crippen molar-refractivity contribution >= 4 is 27.4 Å². The second-order valence-corrected chi connectivity index (χ2v) is 5.62. The van der Waals surface area contributed by atoms with Crippen molar-refractivity contribution in [1.29, 1.82) is 0 Å². The van der Waals surface area contributed by atoms with E-state index in [9.17, 15) is 9.18 Å². The Balaban J connectivity index is 1.94. The number of ether oxygens (including phenoxy) is 1. The highest BCUT2D eigenvalue weighted by molar-refractivity contribution is 7.19. The zero-order chi connectivity index (χ0) is 15.0. The Labute approximate surface area is 123 Å². The zero-order valence-corrected chi connectivity index (χ0v) is 11.9. The van der Waals surface area contributed by atoms with Crippen LogP contribution in [-0.4, -0.2) is 13.1 Å². The van der Waals surface area contributed by atoms with E-state index in [0.717, 1.165) is 15.0 Å². The molecule has 0 aliphatic heterocycles. The van der Waals surface area contributed by atoms with Crippen molar-refractivity contribution in [2.45, 2.75) is 6.04 Å². The molecular formula is C15H12FNO3S.